The molecule has 1 amide bonds. The quantitative estimate of drug-likeness (QED) is 0.680. The largest absolute Gasteiger partial charge is 0.380 e. The molecule has 0 saturated carbocycles. The number of thiophene rings is 1. The van der Waals surface area contributed by atoms with E-state index in [1.807, 2.05) is 24.9 Å². The van der Waals surface area contributed by atoms with Gasteiger partial charge >= 0.3 is 0 Å². The van der Waals surface area contributed by atoms with E-state index in [2.05, 4.69) is 25.6 Å². The minimum atomic E-state index is -0.399. The third-order valence-electron chi connectivity index (χ3n) is 4.79. The van der Waals surface area contributed by atoms with Crippen LogP contribution in [0.15, 0.2) is 24.5 Å². The summed E-state index contributed by atoms with van der Waals surface area (Å²) in [5.74, 6) is -0.131. The number of amides is 1. The number of pyridine rings is 1. The van der Waals surface area contributed by atoms with E-state index in [4.69, 9.17) is 0 Å². The fourth-order valence-corrected chi connectivity index (χ4v) is 4.21. The molecule has 1 aliphatic heterocycles. The Balaban J connectivity index is 1.71. The summed E-state index contributed by atoms with van der Waals surface area (Å²) < 4.78 is 14.3. The van der Waals surface area contributed by atoms with Gasteiger partial charge in [-0.25, -0.2) is 14.4 Å². The summed E-state index contributed by atoms with van der Waals surface area (Å²) in [5.41, 5.74) is 1.79. The van der Waals surface area contributed by atoms with Crippen LogP contribution in [0, 0.1) is 5.82 Å². The van der Waals surface area contributed by atoms with Gasteiger partial charge in [-0.15, -0.1) is 11.3 Å². The van der Waals surface area contributed by atoms with Crippen LogP contribution in [-0.4, -0.2) is 45.9 Å². The van der Waals surface area contributed by atoms with Crippen molar-refractivity contribution in [1.29, 1.82) is 0 Å². The maximum absolute atomic E-state index is 13.5. The molecule has 1 saturated heterocycles. The minimum absolute atomic E-state index is 0.0717. The number of halogens is 1. The summed E-state index contributed by atoms with van der Waals surface area (Å²) in [6.07, 6.45) is 4.79. The number of nitrogens with zero attached hydrogens (tertiary/aromatic N) is 4. The van der Waals surface area contributed by atoms with Gasteiger partial charge in [-0.3, -0.25) is 9.78 Å². The Bertz CT molecular complexity index is 1020. The molecular formula is C19H21FN6OS. The number of fused-ring (bicyclic) bond motifs is 1. The van der Waals surface area contributed by atoms with Crippen LogP contribution >= 0.6 is 11.3 Å². The van der Waals surface area contributed by atoms with Crippen molar-refractivity contribution in [3.63, 3.8) is 0 Å². The average molecular weight is 400 g/mol. The summed E-state index contributed by atoms with van der Waals surface area (Å²) in [6.45, 7) is 3.38. The van der Waals surface area contributed by atoms with Gasteiger partial charge in [0.15, 0.2) is 5.69 Å². The van der Waals surface area contributed by atoms with Crippen molar-refractivity contribution in [3.05, 3.63) is 41.6 Å². The monoisotopic (exact) mass is 400 g/mol. The molecule has 7 nitrogen and oxygen atoms in total. The number of nitrogens with one attached hydrogen (secondary N) is 2. The predicted octanol–water partition coefficient (Wildman–Crippen LogP) is 3.68. The van der Waals surface area contributed by atoms with E-state index in [-0.39, 0.29) is 11.9 Å². The Kier molecular flexibility index (Phi) is 5.08. The molecule has 4 heterocycles. The van der Waals surface area contributed by atoms with Crippen molar-refractivity contribution in [3.8, 4) is 0 Å². The van der Waals surface area contributed by atoms with E-state index < -0.39 is 5.82 Å². The second kappa shape index (κ2) is 7.67. The van der Waals surface area contributed by atoms with E-state index in [1.54, 1.807) is 6.20 Å². The number of anilines is 2. The van der Waals surface area contributed by atoms with E-state index in [0.29, 0.717) is 22.7 Å². The van der Waals surface area contributed by atoms with Gasteiger partial charge in [-0.05, 0) is 37.5 Å². The highest BCUT2D eigenvalue weighted by atomic mass is 32.1. The van der Waals surface area contributed by atoms with Crippen molar-refractivity contribution in [2.75, 3.05) is 30.8 Å². The number of hydrogen-bond donors (Lipinski definition) is 2. The molecule has 0 bridgehead atoms. The minimum Gasteiger partial charge on any atom is -0.380 e. The van der Waals surface area contributed by atoms with E-state index in [0.717, 1.165) is 41.8 Å². The van der Waals surface area contributed by atoms with Crippen molar-refractivity contribution >= 4 is 38.4 Å². The molecule has 28 heavy (non-hydrogen) atoms. The lowest BCUT2D eigenvalue weighted by Crippen LogP contribution is -2.28. The molecule has 4 rings (SSSR count). The Morgan fingerprint density at radius 1 is 1.25 bits per heavy atom. The van der Waals surface area contributed by atoms with Gasteiger partial charge in [0.1, 0.15) is 5.82 Å². The molecule has 3 aromatic heterocycles. The lowest BCUT2D eigenvalue weighted by atomic mass is 10.1. The first-order valence-corrected chi connectivity index (χ1v) is 10.0. The SMILES string of the molecule is CNc1cc2nc(N[C@@H](C)c3cncc(F)c3)nc(C(=O)N3CCCC3)c2s1. The third kappa shape index (κ3) is 3.62. The standard InChI is InChI=1S/C19H21FN6OS/c1-11(12-7-13(20)10-22-9-12)23-19-24-14-8-15(21-2)28-17(14)16(25-19)18(27)26-5-3-4-6-26/h7-11,21H,3-6H2,1-2H3,(H,23,24,25)/t11-/m0/s1. The van der Waals surface area contributed by atoms with Gasteiger partial charge in [-0.2, -0.15) is 0 Å². The van der Waals surface area contributed by atoms with Gasteiger partial charge in [0, 0.05) is 26.3 Å². The maximum atomic E-state index is 13.5. The zero-order chi connectivity index (χ0) is 19.7. The smallest absolute Gasteiger partial charge is 0.274 e. The summed E-state index contributed by atoms with van der Waals surface area (Å²) in [5, 5.41) is 7.19. The third-order valence-corrected chi connectivity index (χ3v) is 5.93. The number of likely N-dealkylation sites (tertiary alicyclic amines) is 1. The van der Waals surface area contributed by atoms with Gasteiger partial charge < -0.3 is 15.5 Å². The number of carbonyl (C=O) groups excluding carboxylic acids is 1. The number of carbonyl (C=O) groups is 1. The summed E-state index contributed by atoms with van der Waals surface area (Å²) in [4.78, 5) is 27.9. The Morgan fingerprint density at radius 3 is 2.75 bits per heavy atom. The van der Waals surface area contributed by atoms with Crippen molar-refractivity contribution in [1.82, 2.24) is 19.9 Å². The van der Waals surface area contributed by atoms with Crippen LogP contribution in [-0.2, 0) is 0 Å². The molecule has 3 aromatic rings. The molecule has 2 N–H and O–H groups in total. The fraction of sp³-hybridized carbons (Fsp3) is 0.368. The van der Waals surface area contributed by atoms with Crippen molar-refractivity contribution < 1.29 is 9.18 Å². The first-order chi connectivity index (χ1) is 13.5. The number of rotatable bonds is 5. The van der Waals surface area contributed by atoms with Crippen LogP contribution in [0.1, 0.15) is 41.9 Å². The van der Waals surface area contributed by atoms with Crippen LogP contribution in [0.2, 0.25) is 0 Å². The van der Waals surface area contributed by atoms with Crippen LogP contribution in [0.25, 0.3) is 10.2 Å². The molecular weight excluding hydrogens is 379 g/mol. The van der Waals surface area contributed by atoms with E-state index in [1.165, 1.54) is 17.4 Å². The second-order valence-corrected chi connectivity index (χ2v) is 7.82. The van der Waals surface area contributed by atoms with Crippen LogP contribution in [0.4, 0.5) is 15.3 Å². The Morgan fingerprint density at radius 2 is 2.04 bits per heavy atom. The van der Waals surface area contributed by atoms with Crippen molar-refractivity contribution in [2.24, 2.45) is 0 Å². The average Bonchev–Trinajstić information content (AvgIpc) is 3.36. The first-order valence-electron chi connectivity index (χ1n) is 9.20. The zero-order valence-electron chi connectivity index (χ0n) is 15.7. The molecule has 146 valence electrons. The lowest BCUT2D eigenvalue weighted by molar-refractivity contribution is 0.0789. The zero-order valence-corrected chi connectivity index (χ0v) is 16.5. The van der Waals surface area contributed by atoms with Gasteiger partial charge in [-0.1, -0.05) is 0 Å². The predicted molar refractivity (Wildman–Crippen MR) is 108 cm³/mol. The van der Waals surface area contributed by atoms with E-state index >= 15 is 0 Å². The normalized spacial score (nSPS) is 15.0. The molecule has 0 aromatic carbocycles. The molecule has 1 fully saturated rings. The number of hydrogen-bond acceptors (Lipinski definition) is 7. The van der Waals surface area contributed by atoms with Gasteiger partial charge in [0.25, 0.3) is 5.91 Å². The second-order valence-electron chi connectivity index (χ2n) is 6.77. The summed E-state index contributed by atoms with van der Waals surface area (Å²) in [7, 11) is 1.83. The molecule has 0 spiro atoms. The summed E-state index contributed by atoms with van der Waals surface area (Å²) in [6, 6.07) is 3.06. The highest BCUT2D eigenvalue weighted by molar-refractivity contribution is 7.23. The fourth-order valence-electron chi connectivity index (χ4n) is 3.27. The molecule has 1 atom stereocenters. The first kappa shape index (κ1) is 18.5. The number of aromatic nitrogens is 3. The van der Waals surface area contributed by atoms with Crippen LogP contribution in [0.5, 0.6) is 0 Å². The molecule has 0 unspecified atom stereocenters. The lowest BCUT2D eigenvalue weighted by Gasteiger charge is -2.17. The van der Waals surface area contributed by atoms with Gasteiger partial charge in [0.2, 0.25) is 5.95 Å². The highest BCUT2D eigenvalue weighted by Crippen LogP contribution is 2.32. The van der Waals surface area contributed by atoms with Crippen molar-refractivity contribution in [2.45, 2.75) is 25.8 Å². The summed E-state index contributed by atoms with van der Waals surface area (Å²) >= 11 is 1.47. The Hall–Kier alpha value is -2.81. The molecule has 9 heteroatoms. The molecule has 0 aliphatic carbocycles. The maximum Gasteiger partial charge on any atom is 0.274 e. The highest BCUT2D eigenvalue weighted by Gasteiger charge is 2.25. The molecule has 0 radical (unpaired) electrons. The van der Waals surface area contributed by atoms with Crippen LogP contribution in [0.3, 0.4) is 0 Å². The topological polar surface area (TPSA) is 83.0 Å². The van der Waals surface area contributed by atoms with Crippen LogP contribution < -0.4 is 10.6 Å². The van der Waals surface area contributed by atoms with Gasteiger partial charge in [0.05, 0.1) is 27.5 Å². The van der Waals surface area contributed by atoms with E-state index in [9.17, 15) is 9.18 Å². The molecule has 1 aliphatic rings. The Labute approximate surface area is 166 Å².